The van der Waals surface area contributed by atoms with E-state index in [1.54, 1.807) is 36.3 Å². The van der Waals surface area contributed by atoms with Crippen LogP contribution >= 0.6 is 11.6 Å². The number of alkyl halides is 1. The zero-order valence-corrected chi connectivity index (χ0v) is 19.4. The summed E-state index contributed by atoms with van der Waals surface area (Å²) in [4.78, 5) is 14.4. The van der Waals surface area contributed by atoms with Crippen molar-refractivity contribution in [2.45, 2.75) is 16.8 Å². The lowest BCUT2D eigenvalue weighted by molar-refractivity contribution is -0.132. The van der Waals surface area contributed by atoms with Crippen molar-refractivity contribution in [1.29, 1.82) is 0 Å². The lowest BCUT2D eigenvalue weighted by Gasteiger charge is -2.25. The molecule has 174 valence electrons. The van der Waals surface area contributed by atoms with Crippen LogP contribution in [-0.4, -0.2) is 39.5 Å². The Hall–Kier alpha value is -2.94. The molecule has 3 rings (SSSR count). The van der Waals surface area contributed by atoms with Crippen LogP contribution in [0.2, 0.25) is 0 Å². The highest BCUT2D eigenvalue weighted by Crippen LogP contribution is 2.25. The standard InChI is InChI=1S/C24H23ClFNO5S/c1-31-16-15-27(24(28)23(25)19-5-3-2-4-6-19)17-18-7-11-21(12-8-18)32-33(29,30)22-13-9-20(26)10-14-22/h2-14,23H,15-17H2,1H3. The Kier molecular flexibility index (Phi) is 8.43. The number of carbonyl (C=O) groups excluding carboxylic acids is 1. The Balaban J connectivity index is 1.71. The molecule has 0 saturated carbocycles. The fourth-order valence-electron chi connectivity index (χ4n) is 3.04. The minimum atomic E-state index is -4.10. The van der Waals surface area contributed by atoms with Gasteiger partial charge in [0.2, 0.25) is 5.91 Å². The van der Waals surface area contributed by atoms with Gasteiger partial charge in [0.05, 0.1) is 6.61 Å². The normalized spacial score (nSPS) is 12.2. The van der Waals surface area contributed by atoms with Gasteiger partial charge in [0.15, 0.2) is 0 Å². The molecule has 1 atom stereocenters. The molecule has 0 saturated heterocycles. The summed E-state index contributed by atoms with van der Waals surface area (Å²) in [6.45, 7) is 0.924. The number of amides is 1. The second-order valence-corrected chi connectivity index (χ2v) is 9.14. The molecule has 3 aromatic rings. The Morgan fingerprint density at radius 3 is 2.24 bits per heavy atom. The van der Waals surface area contributed by atoms with E-state index < -0.39 is 21.3 Å². The number of rotatable bonds is 10. The third-order valence-electron chi connectivity index (χ3n) is 4.79. The van der Waals surface area contributed by atoms with Crippen molar-refractivity contribution in [3.8, 4) is 5.75 Å². The Labute approximate surface area is 197 Å². The highest BCUT2D eigenvalue weighted by Gasteiger charge is 2.24. The Bertz CT molecular complexity index is 1160. The van der Waals surface area contributed by atoms with Crippen molar-refractivity contribution < 1.29 is 26.5 Å². The van der Waals surface area contributed by atoms with Gasteiger partial charge in [-0.1, -0.05) is 42.5 Å². The monoisotopic (exact) mass is 491 g/mol. The van der Waals surface area contributed by atoms with E-state index >= 15 is 0 Å². The van der Waals surface area contributed by atoms with Gasteiger partial charge in [0.1, 0.15) is 21.8 Å². The summed E-state index contributed by atoms with van der Waals surface area (Å²) in [5.41, 5.74) is 1.45. The number of hydrogen-bond acceptors (Lipinski definition) is 5. The number of carbonyl (C=O) groups is 1. The van der Waals surface area contributed by atoms with Crippen LogP contribution < -0.4 is 4.18 Å². The molecule has 0 radical (unpaired) electrons. The van der Waals surface area contributed by atoms with Crippen LogP contribution in [0.3, 0.4) is 0 Å². The average molecular weight is 492 g/mol. The van der Waals surface area contributed by atoms with Crippen LogP contribution in [-0.2, 0) is 26.2 Å². The Morgan fingerprint density at radius 1 is 1.00 bits per heavy atom. The molecule has 0 fully saturated rings. The average Bonchev–Trinajstić information content (AvgIpc) is 2.82. The second-order valence-electron chi connectivity index (χ2n) is 7.16. The first kappa shape index (κ1) is 24.7. The van der Waals surface area contributed by atoms with E-state index in [-0.39, 0.29) is 23.1 Å². The van der Waals surface area contributed by atoms with E-state index in [0.717, 1.165) is 29.8 Å². The van der Waals surface area contributed by atoms with Crippen molar-refractivity contribution in [2.24, 2.45) is 0 Å². The van der Waals surface area contributed by atoms with Gasteiger partial charge in [0.25, 0.3) is 0 Å². The third kappa shape index (κ3) is 6.77. The molecule has 1 amide bonds. The highest BCUT2D eigenvalue weighted by atomic mass is 35.5. The fraction of sp³-hybridized carbons (Fsp3) is 0.208. The molecule has 0 N–H and O–H groups in total. The van der Waals surface area contributed by atoms with Crippen molar-refractivity contribution in [1.82, 2.24) is 4.90 Å². The molecule has 3 aromatic carbocycles. The van der Waals surface area contributed by atoms with E-state index in [1.165, 1.54) is 12.1 Å². The van der Waals surface area contributed by atoms with Gasteiger partial charge in [-0.2, -0.15) is 8.42 Å². The summed E-state index contributed by atoms with van der Waals surface area (Å²) in [5.74, 6) is -0.714. The van der Waals surface area contributed by atoms with E-state index in [9.17, 15) is 17.6 Å². The van der Waals surface area contributed by atoms with E-state index in [2.05, 4.69) is 0 Å². The van der Waals surface area contributed by atoms with Gasteiger partial charge >= 0.3 is 10.1 Å². The zero-order valence-electron chi connectivity index (χ0n) is 17.9. The molecule has 0 aliphatic carbocycles. The van der Waals surface area contributed by atoms with Gasteiger partial charge < -0.3 is 13.8 Å². The Morgan fingerprint density at radius 2 is 1.64 bits per heavy atom. The third-order valence-corrected chi connectivity index (χ3v) is 6.49. The maximum atomic E-state index is 13.1. The molecule has 6 nitrogen and oxygen atoms in total. The summed E-state index contributed by atoms with van der Waals surface area (Å²) in [7, 11) is -2.55. The molecular weight excluding hydrogens is 469 g/mol. The van der Waals surface area contributed by atoms with Crippen molar-refractivity contribution in [3.05, 3.63) is 95.8 Å². The van der Waals surface area contributed by atoms with E-state index in [1.807, 2.05) is 18.2 Å². The van der Waals surface area contributed by atoms with Gasteiger partial charge in [0, 0.05) is 20.2 Å². The van der Waals surface area contributed by atoms with Crippen LogP contribution in [0, 0.1) is 5.82 Å². The number of benzene rings is 3. The highest BCUT2D eigenvalue weighted by molar-refractivity contribution is 7.87. The van der Waals surface area contributed by atoms with Crippen LogP contribution in [0.1, 0.15) is 16.5 Å². The first-order valence-electron chi connectivity index (χ1n) is 10.1. The molecule has 0 aromatic heterocycles. The molecule has 0 heterocycles. The van der Waals surface area contributed by atoms with E-state index in [4.69, 9.17) is 20.5 Å². The molecule has 1 unspecified atom stereocenters. The number of methoxy groups -OCH3 is 1. The van der Waals surface area contributed by atoms with Crippen molar-refractivity contribution in [2.75, 3.05) is 20.3 Å². The minimum Gasteiger partial charge on any atom is -0.383 e. The molecule has 0 aliphatic rings. The van der Waals surface area contributed by atoms with E-state index in [0.29, 0.717) is 18.7 Å². The summed E-state index contributed by atoms with van der Waals surface area (Å²) in [5, 5.41) is -0.841. The molecule has 33 heavy (non-hydrogen) atoms. The zero-order chi connectivity index (χ0) is 23.8. The first-order chi connectivity index (χ1) is 15.8. The second kappa shape index (κ2) is 11.3. The smallest absolute Gasteiger partial charge is 0.339 e. The van der Waals surface area contributed by atoms with Gasteiger partial charge in [-0.25, -0.2) is 4.39 Å². The van der Waals surface area contributed by atoms with Crippen LogP contribution in [0.5, 0.6) is 5.75 Å². The molecule has 0 aliphatic heterocycles. The van der Waals surface area contributed by atoms with Gasteiger partial charge in [-0.15, -0.1) is 11.6 Å². The maximum Gasteiger partial charge on any atom is 0.339 e. The lowest BCUT2D eigenvalue weighted by Crippen LogP contribution is -2.35. The number of hydrogen-bond donors (Lipinski definition) is 0. The fourth-order valence-corrected chi connectivity index (χ4v) is 4.25. The predicted molar refractivity (Wildman–Crippen MR) is 123 cm³/mol. The lowest BCUT2D eigenvalue weighted by atomic mass is 10.1. The quantitative estimate of drug-likeness (QED) is 0.307. The predicted octanol–water partition coefficient (Wildman–Crippen LogP) is 4.55. The van der Waals surface area contributed by atoms with Crippen LogP contribution in [0.25, 0.3) is 0 Å². The maximum absolute atomic E-state index is 13.1. The summed E-state index contributed by atoms with van der Waals surface area (Å²) >= 11 is 6.42. The van der Waals surface area contributed by atoms with Crippen LogP contribution in [0.4, 0.5) is 4.39 Å². The van der Waals surface area contributed by atoms with Crippen molar-refractivity contribution in [3.63, 3.8) is 0 Å². The minimum absolute atomic E-state index is 0.0948. The van der Waals surface area contributed by atoms with Crippen molar-refractivity contribution >= 4 is 27.6 Å². The summed E-state index contributed by atoms with van der Waals surface area (Å²) < 4.78 is 48.0. The van der Waals surface area contributed by atoms with Gasteiger partial charge in [-0.3, -0.25) is 4.79 Å². The van der Waals surface area contributed by atoms with Crippen LogP contribution in [0.15, 0.2) is 83.8 Å². The molecule has 0 bridgehead atoms. The largest absolute Gasteiger partial charge is 0.383 e. The molecule has 0 spiro atoms. The topological polar surface area (TPSA) is 72.9 Å². The SMILES string of the molecule is COCCN(Cc1ccc(OS(=O)(=O)c2ccc(F)cc2)cc1)C(=O)C(Cl)c1ccccc1. The molecule has 9 heteroatoms. The van der Waals surface area contributed by atoms with Gasteiger partial charge in [-0.05, 0) is 47.5 Å². The molecular formula is C24H23ClFNO5S. The summed E-state index contributed by atoms with van der Waals surface area (Å²) in [6.07, 6.45) is 0. The number of nitrogens with zero attached hydrogens (tertiary/aromatic N) is 1. The number of ether oxygens (including phenoxy) is 1. The first-order valence-corrected chi connectivity index (χ1v) is 11.9. The summed E-state index contributed by atoms with van der Waals surface area (Å²) in [6, 6.07) is 19.7. The number of halogens is 2.